The van der Waals surface area contributed by atoms with Gasteiger partial charge in [0.25, 0.3) is 0 Å². The van der Waals surface area contributed by atoms with Crippen LogP contribution in [0.25, 0.3) is 0 Å². The molecular formula is C12H16BrNO2. The first-order valence-corrected chi connectivity index (χ1v) is 6.21. The van der Waals surface area contributed by atoms with E-state index in [4.69, 9.17) is 15.2 Å². The second-order valence-electron chi connectivity index (χ2n) is 4.08. The molecule has 1 saturated heterocycles. The molecule has 2 atom stereocenters. The molecule has 2 unspecified atom stereocenters. The molecular weight excluding hydrogens is 270 g/mol. The van der Waals surface area contributed by atoms with Crippen molar-refractivity contribution in [3.8, 4) is 0 Å². The average Bonchev–Trinajstić information content (AvgIpc) is 2.63. The molecule has 1 aromatic rings. The van der Waals surface area contributed by atoms with Gasteiger partial charge in [-0.2, -0.15) is 0 Å². The maximum absolute atomic E-state index is 5.90. The maximum Gasteiger partial charge on any atom is 0.192 e. The molecule has 2 N–H and O–H groups in total. The molecule has 4 heteroatoms. The van der Waals surface area contributed by atoms with Crippen molar-refractivity contribution in [3.05, 3.63) is 34.3 Å². The van der Waals surface area contributed by atoms with E-state index in [1.165, 1.54) is 0 Å². The molecule has 3 nitrogen and oxygen atoms in total. The first-order valence-electron chi connectivity index (χ1n) is 5.42. The van der Waals surface area contributed by atoms with E-state index < -0.39 is 5.79 Å². The molecule has 0 amide bonds. The summed E-state index contributed by atoms with van der Waals surface area (Å²) in [6.45, 7) is 3.20. The Labute approximate surface area is 104 Å². The van der Waals surface area contributed by atoms with Crippen LogP contribution in [0.2, 0.25) is 0 Å². The van der Waals surface area contributed by atoms with Gasteiger partial charge in [-0.25, -0.2) is 0 Å². The van der Waals surface area contributed by atoms with Crippen molar-refractivity contribution in [1.82, 2.24) is 0 Å². The Bertz CT molecular complexity index is 355. The summed E-state index contributed by atoms with van der Waals surface area (Å²) < 4.78 is 12.7. The SMILES string of the molecule is CC1(c2ccc(Br)cc2)OCC(CCN)O1. The highest BCUT2D eigenvalue weighted by Crippen LogP contribution is 2.34. The van der Waals surface area contributed by atoms with Crippen LogP contribution in [0.4, 0.5) is 0 Å². The van der Waals surface area contributed by atoms with Gasteiger partial charge in [0, 0.05) is 10.0 Å². The van der Waals surface area contributed by atoms with E-state index in [0.717, 1.165) is 16.5 Å². The minimum absolute atomic E-state index is 0.110. The zero-order chi connectivity index (χ0) is 11.6. The number of nitrogens with two attached hydrogens (primary N) is 1. The van der Waals surface area contributed by atoms with Crippen molar-refractivity contribution in [3.63, 3.8) is 0 Å². The molecule has 1 aliphatic rings. The van der Waals surface area contributed by atoms with Crippen LogP contribution in [0.3, 0.4) is 0 Å². The van der Waals surface area contributed by atoms with E-state index in [1.54, 1.807) is 0 Å². The molecule has 16 heavy (non-hydrogen) atoms. The molecule has 0 aromatic heterocycles. The summed E-state index contributed by atoms with van der Waals surface area (Å²) in [4.78, 5) is 0. The third kappa shape index (κ3) is 2.46. The fraction of sp³-hybridized carbons (Fsp3) is 0.500. The van der Waals surface area contributed by atoms with Crippen LogP contribution in [0.5, 0.6) is 0 Å². The molecule has 1 fully saturated rings. The summed E-state index contributed by atoms with van der Waals surface area (Å²) in [6.07, 6.45) is 0.949. The van der Waals surface area contributed by atoms with Crippen LogP contribution < -0.4 is 5.73 Å². The molecule has 0 bridgehead atoms. The highest BCUT2D eigenvalue weighted by molar-refractivity contribution is 9.10. The number of halogens is 1. The Kier molecular flexibility index (Phi) is 3.64. The molecule has 0 aliphatic carbocycles. The third-order valence-corrected chi connectivity index (χ3v) is 3.32. The molecule has 88 valence electrons. The third-order valence-electron chi connectivity index (χ3n) is 2.79. The smallest absolute Gasteiger partial charge is 0.192 e. The molecule has 2 rings (SSSR count). The van der Waals surface area contributed by atoms with Crippen molar-refractivity contribution in [1.29, 1.82) is 0 Å². The van der Waals surface area contributed by atoms with Crippen LogP contribution in [0.15, 0.2) is 28.7 Å². The highest BCUT2D eigenvalue weighted by Gasteiger charge is 2.38. The lowest BCUT2D eigenvalue weighted by molar-refractivity contribution is -0.162. The average molecular weight is 286 g/mol. The van der Waals surface area contributed by atoms with E-state index in [9.17, 15) is 0 Å². The lowest BCUT2D eigenvalue weighted by atomic mass is 10.1. The first kappa shape index (κ1) is 12.0. The van der Waals surface area contributed by atoms with Gasteiger partial charge in [0.1, 0.15) is 0 Å². The summed E-state index contributed by atoms with van der Waals surface area (Å²) in [5.41, 5.74) is 6.55. The van der Waals surface area contributed by atoms with E-state index in [1.807, 2.05) is 31.2 Å². The van der Waals surface area contributed by atoms with Crippen LogP contribution in [0.1, 0.15) is 18.9 Å². The molecule has 0 spiro atoms. The highest BCUT2D eigenvalue weighted by atomic mass is 79.9. The number of rotatable bonds is 3. The zero-order valence-electron chi connectivity index (χ0n) is 9.28. The monoisotopic (exact) mass is 285 g/mol. The Morgan fingerprint density at radius 2 is 2.12 bits per heavy atom. The minimum atomic E-state index is -0.624. The van der Waals surface area contributed by atoms with Crippen molar-refractivity contribution in [2.75, 3.05) is 13.2 Å². The molecule has 1 aromatic carbocycles. The van der Waals surface area contributed by atoms with Crippen LogP contribution in [0, 0.1) is 0 Å². The second-order valence-corrected chi connectivity index (χ2v) is 5.00. The van der Waals surface area contributed by atoms with E-state index in [2.05, 4.69) is 15.9 Å². The Hall–Kier alpha value is -0.420. The van der Waals surface area contributed by atoms with Crippen molar-refractivity contribution in [2.45, 2.75) is 25.2 Å². The fourth-order valence-electron chi connectivity index (χ4n) is 1.87. The molecule has 0 saturated carbocycles. The van der Waals surface area contributed by atoms with Gasteiger partial charge in [-0.1, -0.05) is 28.1 Å². The normalized spacial score (nSPS) is 29.6. The van der Waals surface area contributed by atoms with Gasteiger partial charge in [0.2, 0.25) is 0 Å². The summed E-state index contributed by atoms with van der Waals surface area (Å²) in [5.74, 6) is -0.624. The van der Waals surface area contributed by atoms with Crippen molar-refractivity contribution in [2.24, 2.45) is 5.73 Å². The van der Waals surface area contributed by atoms with Gasteiger partial charge in [0.05, 0.1) is 12.7 Å². The summed E-state index contributed by atoms with van der Waals surface area (Å²) in [6, 6.07) is 8.00. The van der Waals surface area contributed by atoms with E-state index >= 15 is 0 Å². The van der Waals surface area contributed by atoms with E-state index in [0.29, 0.717) is 13.2 Å². The molecule has 1 heterocycles. The molecule has 1 aliphatic heterocycles. The van der Waals surface area contributed by atoms with Gasteiger partial charge < -0.3 is 15.2 Å². The summed E-state index contributed by atoms with van der Waals surface area (Å²) in [7, 11) is 0. The van der Waals surface area contributed by atoms with Crippen molar-refractivity contribution < 1.29 is 9.47 Å². The number of hydrogen-bond donors (Lipinski definition) is 1. The second kappa shape index (κ2) is 4.84. The van der Waals surface area contributed by atoms with E-state index in [-0.39, 0.29) is 6.10 Å². The first-order chi connectivity index (χ1) is 7.64. The Morgan fingerprint density at radius 3 is 2.75 bits per heavy atom. The van der Waals surface area contributed by atoms with Gasteiger partial charge >= 0.3 is 0 Å². The number of hydrogen-bond acceptors (Lipinski definition) is 3. The number of benzene rings is 1. The summed E-state index contributed by atoms with van der Waals surface area (Å²) in [5, 5.41) is 0. The Morgan fingerprint density at radius 1 is 1.44 bits per heavy atom. The zero-order valence-corrected chi connectivity index (χ0v) is 10.9. The van der Waals surface area contributed by atoms with Crippen LogP contribution >= 0.6 is 15.9 Å². The van der Waals surface area contributed by atoms with Gasteiger partial charge in [0.15, 0.2) is 5.79 Å². The Balaban J connectivity index is 2.12. The standard InChI is InChI=1S/C12H16BrNO2/c1-12(9-2-4-10(13)5-3-9)15-8-11(16-12)6-7-14/h2-5,11H,6-8,14H2,1H3. The van der Waals surface area contributed by atoms with Gasteiger partial charge in [-0.3, -0.25) is 0 Å². The lowest BCUT2D eigenvalue weighted by Gasteiger charge is -2.23. The topological polar surface area (TPSA) is 44.5 Å². The minimum Gasteiger partial charge on any atom is -0.343 e. The van der Waals surface area contributed by atoms with Crippen LogP contribution in [-0.4, -0.2) is 19.3 Å². The predicted octanol–water partition coefficient (Wildman–Crippen LogP) is 2.39. The van der Waals surface area contributed by atoms with Gasteiger partial charge in [-0.15, -0.1) is 0 Å². The number of ether oxygens (including phenoxy) is 2. The van der Waals surface area contributed by atoms with Crippen LogP contribution in [-0.2, 0) is 15.3 Å². The molecule has 0 radical (unpaired) electrons. The largest absolute Gasteiger partial charge is 0.343 e. The van der Waals surface area contributed by atoms with Gasteiger partial charge in [-0.05, 0) is 32.0 Å². The maximum atomic E-state index is 5.90. The lowest BCUT2D eigenvalue weighted by Crippen LogP contribution is -2.24. The fourth-order valence-corrected chi connectivity index (χ4v) is 2.13. The van der Waals surface area contributed by atoms with Crippen molar-refractivity contribution >= 4 is 15.9 Å². The summed E-state index contributed by atoms with van der Waals surface area (Å²) >= 11 is 3.41. The predicted molar refractivity (Wildman–Crippen MR) is 66.0 cm³/mol. The quantitative estimate of drug-likeness (QED) is 0.928.